The number of aromatic nitrogens is 1. The van der Waals surface area contributed by atoms with Crippen molar-refractivity contribution < 1.29 is 14.4 Å². The zero-order valence-corrected chi connectivity index (χ0v) is 19.5. The van der Waals surface area contributed by atoms with Crippen molar-refractivity contribution in [1.82, 2.24) is 14.8 Å². The number of carbonyl (C=O) groups is 3. The van der Waals surface area contributed by atoms with Crippen molar-refractivity contribution in [1.29, 1.82) is 0 Å². The Bertz CT molecular complexity index is 1520. The lowest BCUT2D eigenvalue weighted by molar-refractivity contribution is -0.134. The van der Waals surface area contributed by atoms with Crippen molar-refractivity contribution >= 4 is 45.3 Å². The zero-order valence-electron chi connectivity index (χ0n) is 19.5. The SMILES string of the molecule is CCn1c2ccccc2c2cc(NC(=O)CN3C(=O)N[C@]4(CCCc5ccccc54)C3=O)ccc21. The predicted molar refractivity (Wildman–Crippen MR) is 135 cm³/mol. The van der Waals surface area contributed by atoms with Gasteiger partial charge in [0.15, 0.2) is 0 Å². The second kappa shape index (κ2) is 7.98. The van der Waals surface area contributed by atoms with E-state index in [1.54, 1.807) is 0 Å². The summed E-state index contributed by atoms with van der Waals surface area (Å²) in [7, 11) is 0. The molecular weight excluding hydrogens is 440 g/mol. The van der Waals surface area contributed by atoms with Gasteiger partial charge in [-0.05, 0) is 61.6 Å². The molecule has 2 N–H and O–H groups in total. The molecule has 2 aliphatic rings. The molecular formula is C28H26N4O3. The third kappa shape index (κ3) is 3.22. The summed E-state index contributed by atoms with van der Waals surface area (Å²) < 4.78 is 2.24. The highest BCUT2D eigenvalue weighted by molar-refractivity contribution is 6.12. The maximum absolute atomic E-state index is 13.5. The molecule has 1 aliphatic carbocycles. The minimum atomic E-state index is -1.08. The minimum absolute atomic E-state index is 0.330. The molecule has 0 bridgehead atoms. The average molecular weight is 467 g/mol. The lowest BCUT2D eigenvalue weighted by Crippen LogP contribution is -2.47. The molecule has 3 aromatic carbocycles. The van der Waals surface area contributed by atoms with Crippen LogP contribution >= 0.6 is 0 Å². The smallest absolute Gasteiger partial charge is 0.325 e. The fourth-order valence-corrected chi connectivity index (χ4v) is 5.77. The van der Waals surface area contributed by atoms with Crippen LogP contribution < -0.4 is 10.6 Å². The Labute approximate surface area is 202 Å². The van der Waals surface area contributed by atoms with Crippen LogP contribution in [0.4, 0.5) is 10.5 Å². The summed E-state index contributed by atoms with van der Waals surface area (Å²) in [6, 6.07) is 21.2. The molecule has 1 fully saturated rings. The van der Waals surface area contributed by atoms with Crippen LogP contribution in [0, 0.1) is 0 Å². The quantitative estimate of drug-likeness (QED) is 0.433. The summed E-state index contributed by atoms with van der Waals surface area (Å²) in [5, 5.41) is 7.95. The maximum atomic E-state index is 13.5. The number of imide groups is 1. The van der Waals surface area contributed by atoms with Crippen LogP contribution in [0.3, 0.4) is 0 Å². The molecule has 7 heteroatoms. The fraction of sp³-hybridized carbons (Fsp3) is 0.250. The number of urea groups is 1. The lowest BCUT2D eigenvalue weighted by atomic mass is 9.76. The van der Waals surface area contributed by atoms with Crippen molar-refractivity contribution in [2.24, 2.45) is 0 Å². The summed E-state index contributed by atoms with van der Waals surface area (Å²) in [6.45, 7) is 2.62. The van der Waals surface area contributed by atoms with Gasteiger partial charge in [0.05, 0.1) is 0 Å². The van der Waals surface area contributed by atoms with Crippen LogP contribution in [-0.2, 0) is 28.1 Å². The molecule has 0 saturated carbocycles. The molecule has 1 aliphatic heterocycles. The summed E-state index contributed by atoms with van der Waals surface area (Å²) >= 11 is 0. The highest BCUT2D eigenvalue weighted by Crippen LogP contribution is 2.40. The standard InChI is InChI=1S/C28H26N4O3/c1-2-31-23-12-6-4-10-20(23)21-16-19(13-14-24(21)31)29-25(33)17-32-26(34)28(30-27(32)35)15-7-9-18-8-3-5-11-22(18)28/h3-6,8,10-14,16H,2,7,9,15,17H2,1H3,(H,29,33)(H,30,35)/t28-/m0/s1. The first-order valence-electron chi connectivity index (χ1n) is 12.0. The van der Waals surface area contributed by atoms with Gasteiger partial charge in [0.25, 0.3) is 5.91 Å². The monoisotopic (exact) mass is 466 g/mol. The number of nitrogens with one attached hydrogen (secondary N) is 2. The molecule has 6 rings (SSSR count). The van der Waals surface area contributed by atoms with E-state index >= 15 is 0 Å². The van der Waals surface area contributed by atoms with Crippen LogP contribution in [0.1, 0.15) is 30.9 Å². The predicted octanol–water partition coefficient (Wildman–Crippen LogP) is 4.54. The Hall–Kier alpha value is -4.13. The number of nitrogens with zero attached hydrogens (tertiary/aromatic N) is 2. The number of para-hydroxylation sites is 1. The lowest BCUT2D eigenvalue weighted by Gasteiger charge is -2.33. The van der Waals surface area contributed by atoms with Crippen molar-refractivity contribution in [2.45, 2.75) is 38.3 Å². The van der Waals surface area contributed by atoms with E-state index in [4.69, 9.17) is 0 Å². The first-order chi connectivity index (χ1) is 17.0. The van der Waals surface area contributed by atoms with Gasteiger partial charge in [-0.1, -0.05) is 42.5 Å². The van der Waals surface area contributed by atoms with E-state index in [1.165, 1.54) is 0 Å². The van der Waals surface area contributed by atoms with E-state index in [2.05, 4.69) is 34.3 Å². The number of anilines is 1. The molecule has 7 nitrogen and oxygen atoms in total. The molecule has 176 valence electrons. The van der Waals surface area contributed by atoms with Gasteiger partial charge in [0.1, 0.15) is 12.1 Å². The fourth-order valence-electron chi connectivity index (χ4n) is 5.77. The highest BCUT2D eigenvalue weighted by atomic mass is 16.2. The van der Waals surface area contributed by atoms with Gasteiger partial charge in [-0.3, -0.25) is 14.5 Å². The second-order valence-electron chi connectivity index (χ2n) is 9.28. The number of rotatable bonds is 4. The van der Waals surface area contributed by atoms with E-state index in [0.29, 0.717) is 12.1 Å². The first-order valence-corrected chi connectivity index (χ1v) is 12.0. The van der Waals surface area contributed by atoms with Crippen LogP contribution in [-0.4, -0.2) is 33.9 Å². The minimum Gasteiger partial charge on any atom is -0.341 e. The van der Waals surface area contributed by atoms with Crippen molar-refractivity contribution in [3.63, 3.8) is 0 Å². The Morgan fingerprint density at radius 2 is 1.77 bits per heavy atom. The first kappa shape index (κ1) is 21.4. The zero-order chi connectivity index (χ0) is 24.2. The van der Waals surface area contributed by atoms with Gasteiger partial charge in [-0.15, -0.1) is 0 Å². The molecule has 4 amide bonds. The third-order valence-electron chi connectivity index (χ3n) is 7.32. The normalized spacial score (nSPS) is 19.4. The largest absolute Gasteiger partial charge is 0.341 e. The Balaban J connectivity index is 1.25. The number of benzene rings is 3. The van der Waals surface area contributed by atoms with Crippen molar-refractivity contribution in [3.8, 4) is 0 Å². The summed E-state index contributed by atoms with van der Waals surface area (Å²) in [6.07, 6.45) is 2.21. The molecule has 1 atom stereocenters. The number of carbonyl (C=O) groups excluding carboxylic acids is 3. The van der Waals surface area contributed by atoms with Gasteiger partial charge >= 0.3 is 6.03 Å². The Morgan fingerprint density at radius 3 is 2.63 bits per heavy atom. The van der Waals surface area contributed by atoms with Gasteiger partial charge in [0.2, 0.25) is 5.91 Å². The Morgan fingerprint density at radius 1 is 1.00 bits per heavy atom. The van der Waals surface area contributed by atoms with Crippen LogP contribution in [0.15, 0.2) is 66.7 Å². The van der Waals surface area contributed by atoms with Gasteiger partial charge in [0, 0.05) is 34.0 Å². The third-order valence-corrected chi connectivity index (χ3v) is 7.32. The number of hydrogen-bond donors (Lipinski definition) is 2. The second-order valence-corrected chi connectivity index (χ2v) is 9.28. The molecule has 35 heavy (non-hydrogen) atoms. The molecule has 1 aromatic heterocycles. The Kier molecular flexibility index (Phi) is 4.88. The number of amides is 4. The van der Waals surface area contributed by atoms with E-state index in [1.807, 2.05) is 54.6 Å². The maximum Gasteiger partial charge on any atom is 0.325 e. The summed E-state index contributed by atoms with van der Waals surface area (Å²) in [4.78, 5) is 40.3. The highest BCUT2D eigenvalue weighted by Gasteiger charge is 2.54. The van der Waals surface area contributed by atoms with E-state index < -0.39 is 17.5 Å². The summed E-state index contributed by atoms with van der Waals surface area (Å²) in [5.41, 5.74) is 3.70. The van der Waals surface area contributed by atoms with Gasteiger partial charge in [-0.2, -0.15) is 0 Å². The molecule has 2 heterocycles. The molecule has 0 unspecified atom stereocenters. The number of hydrogen-bond acceptors (Lipinski definition) is 3. The number of aryl methyl sites for hydroxylation is 2. The molecule has 1 saturated heterocycles. The van der Waals surface area contributed by atoms with Gasteiger partial charge < -0.3 is 15.2 Å². The van der Waals surface area contributed by atoms with Crippen LogP contribution in [0.5, 0.6) is 0 Å². The number of fused-ring (bicyclic) bond motifs is 5. The topological polar surface area (TPSA) is 83.4 Å². The molecule has 4 aromatic rings. The molecule has 1 spiro atoms. The van der Waals surface area contributed by atoms with E-state index in [-0.39, 0.29) is 12.5 Å². The van der Waals surface area contributed by atoms with E-state index in [0.717, 1.165) is 57.2 Å². The van der Waals surface area contributed by atoms with Crippen molar-refractivity contribution in [3.05, 3.63) is 77.9 Å². The van der Waals surface area contributed by atoms with Gasteiger partial charge in [-0.25, -0.2) is 4.79 Å². The average Bonchev–Trinajstić information content (AvgIpc) is 3.31. The summed E-state index contributed by atoms with van der Waals surface area (Å²) in [5.74, 6) is -0.764. The van der Waals surface area contributed by atoms with Crippen LogP contribution in [0.2, 0.25) is 0 Å². The van der Waals surface area contributed by atoms with Crippen molar-refractivity contribution in [2.75, 3.05) is 11.9 Å². The molecule has 0 radical (unpaired) electrons. The van der Waals surface area contributed by atoms with E-state index in [9.17, 15) is 14.4 Å². The van der Waals surface area contributed by atoms with Crippen LogP contribution in [0.25, 0.3) is 21.8 Å².